The number of esters is 1. The predicted octanol–water partition coefficient (Wildman–Crippen LogP) is 4.98. The molecular weight excluding hydrogens is 496 g/mol. The van der Waals surface area contributed by atoms with E-state index in [4.69, 9.17) is 16.2 Å². The smallest absolute Gasteiger partial charge is 0.348 e. The lowest BCUT2D eigenvalue weighted by Gasteiger charge is -2.10. The van der Waals surface area contributed by atoms with E-state index in [0.717, 1.165) is 28.2 Å². The van der Waals surface area contributed by atoms with Crippen molar-refractivity contribution in [3.05, 3.63) is 56.3 Å². The van der Waals surface area contributed by atoms with Crippen molar-refractivity contribution in [1.29, 1.82) is 10.5 Å². The number of amides is 1. The van der Waals surface area contributed by atoms with Crippen LogP contribution >= 0.6 is 22.7 Å². The van der Waals surface area contributed by atoms with E-state index in [1.807, 2.05) is 37.3 Å². The lowest BCUT2D eigenvalue weighted by atomic mass is 9.96. The number of ether oxygens (including phenoxy) is 1. The maximum absolute atomic E-state index is 13.3. The molecule has 0 unspecified atom stereocenters. The molecule has 180 valence electrons. The van der Waals surface area contributed by atoms with Crippen LogP contribution in [0.4, 0.5) is 16.5 Å². The van der Waals surface area contributed by atoms with Crippen LogP contribution in [-0.2, 0) is 4.74 Å². The third kappa shape index (κ3) is 4.11. The summed E-state index contributed by atoms with van der Waals surface area (Å²) in [6, 6.07) is 11.6. The van der Waals surface area contributed by atoms with Crippen molar-refractivity contribution >= 4 is 61.3 Å². The average Bonchev–Trinajstić information content (AvgIpc) is 3.34. The molecule has 9 nitrogen and oxygen atoms in total. The van der Waals surface area contributed by atoms with Crippen LogP contribution in [0.1, 0.15) is 48.5 Å². The Bertz CT molecular complexity index is 1620. The molecule has 4 aromatic rings. The monoisotopic (exact) mass is 516 g/mol. The van der Waals surface area contributed by atoms with Crippen LogP contribution in [-0.4, -0.2) is 23.5 Å². The van der Waals surface area contributed by atoms with Gasteiger partial charge in [-0.05, 0) is 31.9 Å². The zero-order chi connectivity index (χ0) is 26.1. The minimum atomic E-state index is -0.574. The lowest BCUT2D eigenvalue weighted by Crippen LogP contribution is -2.12. The molecule has 0 atom stereocenters. The van der Waals surface area contributed by atoms with Crippen LogP contribution in [0, 0.1) is 36.5 Å². The van der Waals surface area contributed by atoms with Crippen molar-refractivity contribution in [3.63, 3.8) is 0 Å². The summed E-state index contributed by atoms with van der Waals surface area (Å²) in [5.74, 6) is -1.10. The number of carbonyl (C=O) groups is 2. The summed E-state index contributed by atoms with van der Waals surface area (Å²) >= 11 is 1.99. The number of rotatable bonds is 5. The minimum absolute atomic E-state index is 0.0357. The van der Waals surface area contributed by atoms with Gasteiger partial charge in [-0.3, -0.25) is 4.79 Å². The van der Waals surface area contributed by atoms with E-state index in [0.29, 0.717) is 26.9 Å². The first kappa shape index (κ1) is 24.7. The van der Waals surface area contributed by atoms with Gasteiger partial charge in [-0.25, -0.2) is 9.78 Å². The minimum Gasteiger partial charge on any atom is -0.462 e. The number of hydrogen-bond acceptors (Lipinski definition) is 10. The largest absolute Gasteiger partial charge is 0.462 e. The van der Waals surface area contributed by atoms with E-state index in [2.05, 4.69) is 16.4 Å². The molecule has 0 saturated carbocycles. The molecule has 1 amide bonds. The SMILES string of the molecule is CCOC(=O)c1sc(NC(=O)c2sc3nc(N)c(C#N)c(-c4ccc(C)cc4)c3c2N)c(C#N)c1C. The molecule has 5 N–H and O–H groups in total. The predicted molar refractivity (Wildman–Crippen MR) is 141 cm³/mol. The Hall–Kier alpha value is -4.45. The third-order valence-corrected chi connectivity index (χ3v) is 7.79. The maximum atomic E-state index is 13.3. The quantitative estimate of drug-likeness (QED) is 0.312. The number of aromatic nitrogens is 1. The number of nitrogens with two attached hydrogens (primary N) is 2. The molecule has 0 spiro atoms. The fraction of sp³-hybridized carbons (Fsp3) is 0.160. The Morgan fingerprint density at radius 1 is 1.06 bits per heavy atom. The van der Waals surface area contributed by atoms with Crippen molar-refractivity contribution < 1.29 is 14.3 Å². The molecule has 11 heteroatoms. The molecule has 0 aliphatic carbocycles. The number of nitrogens with zero attached hydrogens (tertiary/aromatic N) is 3. The Balaban J connectivity index is 1.83. The summed E-state index contributed by atoms with van der Waals surface area (Å²) in [7, 11) is 0. The number of nitriles is 2. The van der Waals surface area contributed by atoms with E-state index >= 15 is 0 Å². The van der Waals surface area contributed by atoms with Gasteiger partial charge < -0.3 is 21.5 Å². The summed E-state index contributed by atoms with van der Waals surface area (Å²) < 4.78 is 5.05. The van der Waals surface area contributed by atoms with Crippen molar-refractivity contribution in [3.8, 4) is 23.3 Å². The Morgan fingerprint density at radius 3 is 2.33 bits per heavy atom. The van der Waals surface area contributed by atoms with Crippen LogP contribution < -0.4 is 16.8 Å². The fourth-order valence-electron chi connectivity index (χ4n) is 3.75. The van der Waals surface area contributed by atoms with Gasteiger partial charge in [-0.1, -0.05) is 29.8 Å². The first-order valence-corrected chi connectivity index (χ1v) is 12.4. The highest BCUT2D eigenvalue weighted by Crippen LogP contribution is 2.43. The molecule has 1 aromatic carbocycles. The molecule has 0 aliphatic rings. The number of hydrogen-bond donors (Lipinski definition) is 3. The maximum Gasteiger partial charge on any atom is 0.348 e. The number of carbonyl (C=O) groups excluding carboxylic acids is 2. The van der Waals surface area contributed by atoms with Gasteiger partial charge in [-0.15, -0.1) is 22.7 Å². The lowest BCUT2D eigenvalue weighted by molar-refractivity contribution is 0.0531. The Labute approximate surface area is 214 Å². The highest BCUT2D eigenvalue weighted by atomic mass is 32.1. The van der Waals surface area contributed by atoms with Gasteiger partial charge in [0.05, 0.1) is 17.9 Å². The van der Waals surface area contributed by atoms with E-state index in [9.17, 15) is 20.1 Å². The zero-order valence-corrected chi connectivity index (χ0v) is 21.2. The van der Waals surface area contributed by atoms with Gasteiger partial charge >= 0.3 is 5.97 Å². The zero-order valence-electron chi connectivity index (χ0n) is 19.6. The number of pyridine rings is 1. The van der Waals surface area contributed by atoms with E-state index < -0.39 is 11.9 Å². The molecule has 0 aliphatic heterocycles. The van der Waals surface area contributed by atoms with Gasteiger partial charge in [-0.2, -0.15) is 10.5 Å². The summed E-state index contributed by atoms with van der Waals surface area (Å²) in [5, 5.41) is 22.8. The number of nitrogens with one attached hydrogen (secondary N) is 1. The van der Waals surface area contributed by atoms with Gasteiger partial charge in [0.15, 0.2) is 0 Å². The molecule has 0 saturated heterocycles. The van der Waals surface area contributed by atoms with Crippen molar-refractivity contribution in [2.24, 2.45) is 0 Å². The second kappa shape index (κ2) is 9.66. The van der Waals surface area contributed by atoms with E-state index in [1.165, 1.54) is 0 Å². The van der Waals surface area contributed by atoms with E-state index in [1.54, 1.807) is 13.8 Å². The van der Waals surface area contributed by atoms with Crippen LogP contribution in [0.2, 0.25) is 0 Å². The number of benzene rings is 1. The molecular formula is C25H20N6O3S2. The van der Waals surface area contributed by atoms with Crippen LogP contribution in [0.5, 0.6) is 0 Å². The topological polar surface area (TPSA) is 168 Å². The first-order chi connectivity index (χ1) is 17.2. The number of anilines is 3. The fourth-order valence-corrected chi connectivity index (χ4v) is 5.80. The third-order valence-electron chi connectivity index (χ3n) is 5.51. The summed E-state index contributed by atoms with van der Waals surface area (Å²) in [5.41, 5.74) is 15.7. The molecule has 36 heavy (non-hydrogen) atoms. The summed E-state index contributed by atoms with van der Waals surface area (Å²) in [4.78, 5) is 30.7. The van der Waals surface area contributed by atoms with Gasteiger partial charge in [0.25, 0.3) is 5.91 Å². The highest BCUT2D eigenvalue weighted by Gasteiger charge is 2.27. The number of aryl methyl sites for hydroxylation is 1. The van der Waals surface area contributed by atoms with Crippen LogP contribution in [0.3, 0.4) is 0 Å². The molecule has 0 radical (unpaired) electrons. The number of thiophene rings is 2. The second-order valence-electron chi connectivity index (χ2n) is 7.80. The van der Waals surface area contributed by atoms with Crippen molar-refractivity contribution in [2.75, 3.05) is 23.4 Å². The second-order valence-corrected chi connectivity index (χ2v) is 9.82. The average molecular weight is 517 g/mol. The van der Waals surface area contributed by atoms with Crippen molar-refractivity contribution in [2.45, 2.75) is 20.8 Å². The van der Waals surface area contributed by atoms with Gasteiger partial charge in [0.2, 0.25) is 0 Å². The number of nitrogen functional groups attached to an aromatic ring is 2. The molecule has 3 aromatic heterocycles. The molecule has 0 bridgehead atoms. The molecule has 4 rings (SSSR count). The molecule has 0 fully saturated rings. The summed E-state index contributed by atoms with van der Waals surface area (Å²) in [6.07, 6.45) is 0. The van der Waals surface area contributed by atoms with Crippen molar-refractivity contribution in [1.82, 2.24) is 4.98 Å². The number of fused-ring (bicyclic) bond motifs is 1. The van der Waals surface area contributed by atoms with Crippen LogP contribution in [0.25, 0.3) is 21.3 Å². The van der Waals surface area contributed by atoms with Gasteiger partial charge in [0.1, 0.15) is 43.1 Å². The van der Waals surface area contributed by atoms with Crippen LogP contribution in [0.15, 0.2) is 24.3 Å². The standard InChI is InChI=1S/C25H20N6O3S2/c1-4-34-25(33)19-12(3)14(9-26)23(35-19)31-22(32)20-18(28)17-16(13-7-5-11(2)6-8-13)15(10-27)21(29)30-24(17)36-20/h5-8H,4,28H2,1-3H3,(H2,29,30)(H,31,32). The highest BCUT2D eigenvalue weighted by molar-refractivity contribution is 7.22. The molecule has 3 heterocycles. The first-order valence-electron chi connectivity index (χ1n) is 10.7. The van der Waals surface area contributed by atoms with Gasteiger partial charge in [0, 0.05) is 10.9 Å². The Morgan fingerprint density at radius 2 is 1.72 bits per heavy atom. The van der Waals surface area contributed by atoms with E-state index in [-0.39, 0.29) is 44.0 Å². The Kier molecular flexibility index (Phi) is 6.62. The summed E-state index contributed by atoms with van der Waals surface area (Å²) in [6.45, 7) is 5.43. The normalized spacial score (nSPS) is 10.6.